The minimum absolute atomic E-state index is 0.0684. The van der Waals surface area contributed by atoms with Gasteiger partial charge in [-0.05, 0) is 42.5 Å². The summed E-state index contributed by atoms with van der Waals surface area (Å²) in [4.78, 5) is 13.1. The van der Waals surface area contributed by atoms with E-state index in [2.05, 4.69) is 10.1 Å². The van der Waals surface area contributed by atoms with Crippen LogP contribution in [0.4, 0.5) is 8.78 Å². The van der Waals surface area contributed by atoms with Gasteiger partial charge in [0, 0.05) is 11.3 Å². The highest BCUT2D eigenvalue weighted by Crippen LogP contribution is 2.21. The fourth-order valence-corrected chi connectivity index (χ4v) is 2.76. The lowest BCUT2D eigenvalue weighted by Crippen LogP contribution is -2.26. The summed E-state index contributed by atoms with van der Waals surface area (Å²) in [5.74, 6) is 0.0215. The van der Waals surface area contributed by atoms with Crippen LogP contribution in [0.1, 0.15) is 29.8 Å². The summed E-state index contributed by atoms with van der Waals surface area (Å²) in [5, 5.41) is 4.84. The molecule has 1 atom stereocenters. The van der Waals surface area contributed by atoms with Crippen LogP contribution in [-0.2, 0) is 11.2 Å². The first kappa shape index (κ1) is 16.4. The third-order valence-corrected chi connectivity index (χ3v) is 4.08. The van der Waals surface area contributed by atoms with E-state index in [-0.39, 0.29) is 17.7 Å². The van der Waals surface area contributed by atoms with Crippen molar-refractivity contribution in [1.82, 2.24) is 5.32 Å². The molecule has 6 heteroatoms. The summed E-state index contributed by atoms with van der Waals surface area (Å²) in [6.07, 6.45) is 1.10. The van der Waals surface area contributed by atoms with E-state index < -0.39 is 6.61 Å². The van der Waals surface area contributed by atoms with Gasteiger partial charge in [0.15, 0.2) is 0 Å². The largest absolute Gasteiger partial charge is 0.435 e. The molecule has 0 aliphatic heterocycles. The summed E-state index contributed by atoms with van der Waals surface area (Å²) >= 11 is 1.62. The van der Waals surface area contributed by atoms with Crippen LogP contribution in [0.25, 0.3) is 0 Å². The molecule has 1 amide bonds. The summed E-state index contributed by atoms with van der Waals surface area (Å²) in [6.45, 7) is -1.05. The van der Waals surface area contributed by atoms with Crippen LogP contribution in [-0.4, -0.2) is 12.5 Å². The Bertz CT molecular complexity index is 602. The lowest BCUT2D eigenvalue weighted by atomic mass is 10.1. The van der Waals surface area contributed by atoms with Crippen LogP contribution in [0.3, 0.4) is 0 Å². The summed E-state index contributed by atoms with van der Waals surface area (Å²) in [6, 6.07) is 10.0. The molecule has 0 saturated heterocycles. The van der Waals surface area contributed by atoms with Gasteiger partial charge in [-0.3, -0.25) is 4.79 Å². The number of hydrogen-bond donors (Lipinski definition) is 1. The van der Waals surface area contributed by atoms with Crippen LogP contribution in [0.15, 0.2) is 41.8 Å². The molecule has 0 aliphatic rings. The zero-order valence-electron chi connectivity index (χ0n) is 12.1. The Labute approximate surface area is 131 Å². The second kappa shape index (κ2) is 7.89. The first-order chi connectivity index (χ1) is 10.5. The van der Waals surface area contributed by atoms with Crippen molar-refractivity contribution < 1.29 is 18.3 Å². The lowest BCUT2D eigenvalue weighted by Gasteiger charge is -2.15. The number of rotatable bonds is 7. The van der Waals surface area contributed by atoms with Crippen molar-refractivity contribution in [3.63, 3.8) is 0 Å². The van der Waals surface area contributed by atoms with Gasteiger partial charge < -0.3 is 10.1 Å². The first-order valence-corrected chi connectivity index (χ1v) is 7.79. The minimum Gasteiger partial charge on any atom is -0.435 e. The summed E-state index contributed by atoms with van der Waals surface area (Å²) in [5.41, 5.74) is 0.725. The normalized spacial score (nSPS) is 12.2. The average molecular weight is 325 g/mol. The number of thiophene rings is 1. The van der Waals surface area contributed by atoms with Crippen molar-refractivity contribution in [3.8, 4) is 5.75 Å². The number of hydrogen-bond acceptors (Lipinski definition) is 3. The second-order valence-electron chi connectivity index (χ2n) is 4.82. The molecule has 0 unspecified atom stereocenters. The SMILES string of the molecule is C[C@H](NC(=O)CCc1cccs1)c1cccc(OC(F)F)c1. The molecule has 0 radical (unpaired) electrons. The Morgan fingerprint density at radius 1 is 1.32 bits per heavy atom. The highest BCUT2D eigenvalue weighted by atomic mass is 32.1. The van der Waals surface area contributed by atoms with Gasteiger partial charge in [-0.2, -0.15) is 8.78 Å². The zero-order valence-corrected chi connectivity index (χ0v) is 12.9. The second-order valence-corrected chi connectivity index (χ2v) is 5.85. The molecule has 1 aromatic carbocycles. The van der Waals surface area contributed by atoms with Crippen molar-refractivity contribution in [2.45, 2.75) is 32.4 Å². The van der Waals surface area contributed by atoms with Crippen molar-refractivity contribution in [1.29, 1.82) is 0 Å². The molecule has 0 fully saturated rings. The van der Waals surface area contributed by atoms with Gasteiger partial charge in [-0.15, -0.1) is 11.3 Å². The lowest BCUT2D eigenvalue weighted by molar-refractivity contribution is -0.121. The van der Waals surface area contributed by atoms with Gasteiger partial charge in [-0.1, -0.05) is 18.2 Å². The van der Waals surface area contributed by atoms with Gasteiger partial charge >= 0.3 is 6.61 Å². The Hall–Kier alpha value is -1.95. The quantitative estimate of drug-likeness (QED) is 0.830. The number of nitrogens with one attached hydrogen (secondary N) is 1. The van der Waals surface area contributed by atoms with Gasteiger partial charge in [0.2, 0.25) is 5.91 Å². The van der Waals surface area contributed by atoms with Crippen molar-refractivity contribution in [3.05, 3.63) is 52.2 Å². The third kappa shape index (κ3) is 5.11. The molecule has 2 rings (SSSR count). The molecule has 3 nitrogen and oxygen atoms in total. The van der Waals surface area contributed by atoms with Gasteiger partial charge in [0.25, 0.3) is 0 Å². The van der Waals surface area contributed by atoms with Gasteiger partial charge in [0.1, 0.15) is 5.75 Å². The molecule has 118 valence electrons. The van der Waals surface area contributed by atoms with Gasteiger partial charge in [-0.25, -0.2) is 0 Å². The molecule has 22 heavy (non-hydrogen) atoms. The highest BCUT2D eigenvalue weighted by Gasteiger charge is 2.12. The summed E-state index contributed by atoms with van der Waals surface area (Å²) < 4.78 is 28.8. The molecule has 0 aliphatic carbocycles. The van der Waals surface area contributed by atoms with E-state index in [1.54, 1.807) is 23.5 Å². The van der Waals surface area contributed by atoms with Crippen LogP contribution in [0.2, 0.25) is 0 Å². The minimum atomic E-state index is -2.86. The molecular formula is C16H17F2NO2S. The van der Waals surface area contributed by atoms with E-state index >= 15 is 0 Å². The van der Waals surface area contributed by atoms with E-state index in [4.69, 9.17) is 0 Å². The number of carbonyl (C=O) groups is 1. The maximum Gasteiger partial charge on any atom is 0.387 e. The van der Waals surface area contributed by atoms with Crippen LogP contribution >= 0.6 is 11.3 Å². The van der Waals surface area contributed by atoms with Crippen LogP contribution in [0, 0.1) is 0 Å². The van der Waals surface area contributed by atoms with Crippen molar-refractivity contribution in [2.75, 3.05) is 0 Å². The average Bonchev–Trinajstić information content (AvgIpc) is 2.98. The Morgan fingerprint density at radius 3 is 2.82 bits per heavy atom. The number of alkyl halides is 2. The van der Waals surface area contributed by atoms with E-state index in [9.17, 15) is 13.6 Å². The molecule has 1 N–H and O–H groups in total. The zero-order chi connectivity index (χ0) is 15.9. The van der Waals surface area contributed by atoms with E-state index in [0.29, 0.717) is 12.8 Å². The highest BCUT2D eigenvalue weighted by molar-refractivity contribution is 7.09. The number of aryl methyl sites for hydroxylation is 1. The van der Waals surface area contributed by atoms with Crippen LogP contribution < -0.4 is 10.1 Å². The third-order valence-electron chi connectivity index (χ3n) is 3.14. The number of amides is 1. The van der Waals surface area contributed by atoms with E-state index in [1.807, 2.05) is 24.4 Å². The Morgan fingerprint density at radius 2 is 2.14 bits per heavy atom. The number of benzene rings is 1. The number of carbonyl (C=O) groups excluding carboxylic acids is 1. The fourth-order valence-electron chi connectivity index (χ4n) is 2.05. The molecule has 0 bridgehead atoms. The molecule has 0 saturated carbocycles. The topological polar surface area (TPSA) is 38.3 Å². The summed E-state index contributed by atoms with van der Waals surface area (Å²) in [7, 11) is 0. The molecule has 1 heterocycles. The monoisotopic (exact) mass is 325 g/mol. The Balaban J connectivity index is 1.88. The molecule has 1 aromatic heterocycles. The van der Waals surface area contributed by atoms with Crippen molar-refractivity contribution >= 4 is 17.2 Å². The number of halogens is 2. The fraction of sp³-hybridized carbons (Fsp3) is 0.312. The van der Waals surface area contributed by atoms with E-state index in [1.165, 1.54) is 12.1 Å². The van der Waals surface area contributed by atoms with E-state index in [0.717, 1.165) is 10.4 Å². The maximum absolute atomic E-state index is 12.2. The predicted octanol–water partition coefficient (Wildman–Crippen LogP) is 4.16. The maximum atomic E-state index is 12.2. The van der Waals surface area contributed by atoms with Crippen molar-refractivity contribution in [2.24, 2.45) is 0 Å². The molecular weight excluding hydrogens is 308 g/mol. The number of ether oxygens (including phenoxy) is 1. The molecule has 2 aromatic rings. The van der Waals surface area contributed by atoms with Crippen LogP contribution in [0.5, 0.6) is 5.75 Å². The molecule has 0 spiro atoms. The standard InChI is InChI=1S/C16H17F2NO2S/c1-11(12-4-2-5-13(10-12)21-16(17)18)19-15(20)8-7-14-6-3-9-22-14/h2-6,9-11,16H,7-8H2,1H3,(H,19,20)/t11-/m0/s1. The Kier molecular flexibility index (Phi) is 5.89. The first-order valence-electron chi connectivity index (χ1n) is 6.91. The predicted molar refractivity (Wildman–Crippen MR) is 82.3 cm³/mol. The smallest absolute Gasteiger partial charge is 0.387 e. The van der Waals surface area contributed by atoms with Gasteiger partial charge in [0.05, 0.1) is 6.04 Å².